The molecule has 4 nitrogen and oxygen atoms in total. The van der Waals surface area contributed by atoms with Gasteiger partial charge in [0.25, 0.3) is 0 Å². The van der Waals surface area contributed by atoms with Crippen molar-refractivity contribution in [3.05, 3.63) is 30.3 Å². The molecule has 0 saturated carbocycles. The number of rotatable bonds is 20. The third-order valence-corrected chi connectivity index (χ3v) is 5.26. The number of hydrogen-bond acceptors (Lipinski definition) is 3. The zero-order valence-corrected chi connectivity index (χ0v) is 18.4. The average molecular weight is 407 g/mol. The Balaban J connectivity index is 1.93. The molecular weight excluding hydrogens is 364 g/mol. The number of carboxylic acid groups (broad SMARTS) is 1. The largest absolute Gasteiger partial charge is 0.491 e. The number of hydrogen-bond donors (Lipinski definition) is 1. The molecule has 0 bridgehead atoms. The first-order chi connectivity index (χ1) is 14.2. The van der Waals surface area contributed by atoms with Gasteiger partial charge in [-0.1, -0.05) is 109 Å². The van der Waals surface area contributed by atoms with Gasteiger partial charge in [0.15, 0.2) is 6.10 Å². The smallest absolute Gasteiger partial charge is 0.332 e. The summed E-state index contributed by atoms with van der Waals surface area (Å²) in [5, 5.41) is 9.32. The first-order valence-corrected chi connectivity index (χ1v) is 11.8. The summed E-state index contributed by atoms with van der Waals surface area (Å²) in [6.07, 6.45) is 16.6. The highest BCUT2D eigenvalue weighted by molar-refractivity contribution is 5.72. The third-order valence-electron chi connectivity index (χ3n) is 5.26. The van der Waals surface area contributed by atoms with Crippen LogP contribution in [0.1, 0.15) is 96.8 Å². The van der Waals surface area contributed by atoms with Crippen LogP contribution in [0.25, 0.3) is 0 Å². The topological polar surface area (TPSA) is 55.8 Å². The molecule has 1 rings (SSSR count). The summed E-state index contributed by atoms with van der Waals surface area (Å²) in [5.41, 5.74) is 0. The number of unbranched alkanes of at least 4 members (excludes halogenated alkanes) is 12. The Labute approximate surface area is 178 Å². The maximum absolute atomic E-state index is 11.3. The Hall–Kier alpha value is -1.55. The summed E-state index contributed by atoms with van der Waals surface area (Å²) in [6, 6.07) is 9.50. The van der Waals surface area contributed by atoms with Crippen molar-refractivity contribution in [1.29, 1.82) is 0 Å². The lowest BCUT2D eigenvalue weighted by Gasteiger charge is -2.14. The van der Waals surface area contributed by atoms with Crippen molar-refractivity contribution in [3.63, 3.8) is 0 Å². The van der Waals surface area contributed by atoms with Crippen LogP contribution >= 0.6 is 0 Å². The van der Waals surface area contributed by atoms with Crippen LogP contribution in [-0.2, 0) is 9.53 Å². The molecule has 0 fully saturated rings. The molecule has 29 heavy (non-hydrogen) atoms. The highest BCUT2D eigenvalue weighted by Crippen LogP contribution is 2.14. The van der Waals surface area contributed by atoms with E-state index in [2.05, 4.69) is 6.92 Å². The predicted octanol–water partition coefficient (Wildman–Crippen LogP) is 7.02. The Kier molecular flexibility index (Phi) is 16.2. The molecule has 0 radical (unpaired) electrons. The SMILES string of the molecule is CCCCCCCCCCCCCCCC(OCCOc1ccccc1)C(=O)O. The molecule has 1 unspecified atom stereocenters. The minimum atomic E-state index is -0.872. The van der Waals surface area contributed by atoms with E-state index in [-0.39, 0.29) is 0 Å². The van der Waals surface area contributed by atoms with Gasteiger partial charge in [-0.25, -0.2) is 4.79 Å². The standard InChI is InChI=1S/C25H42O4/c1-2-3-4-5-6-7-8-9-10-11-12-13-17-20-24(25(26)27)29-22-21-28-23-18-15-14-16-19-23/h14-16,18-19,24H,2-13,17,20-22H2,1H3,(H,26,27). The van der Waals surface area contributed by atoms with Crippen LogP contribution in [0.15, 0.2) is 30.3 Å². The van der Waals surface area contributed by atoms with Gasteiger partial charge in [-0.05, 0) is 18.6 Å². The second-order valence-corrected chi connectivity index (χ2v) is 7.89. The third kappa shape index (κ3) is 15.0. The molecule has 0 aromatic heterocycles. The number of carbonyl (C=O) groups is 1. The van der Waals surface area contributed by atoms with Gasteiger partial charge in [0.2, 0.25) is 0 Å². The van der Waals surface area contributed by atoms with Crippen molar-refractivity contribution in [1.82, 2.24) is 0 Å². The fourth-order valence-electron chi connectivity index (χ4n) is 3.49. The molecule has 0 heterocycles. The summed E-state index contributed by atoms with van der Waals surface area (Å²) < 4.78 is 11.0. The first-order valence-electron chi connectivity index (χ1n) is 11.8. The Bertz CT molecular complexity index is 489. The first kappa shape index (κ1) is 25.5. The molecule has 0 aliphatic heterocycles. The predicted molar refractivity (Wildman–Crippen MR) is 120 cm³/mol. The van der Waals surface area contributed by atoms with Crippen molar-refractivity contribution >= 4 is 5.97 Å². The van der Waals surface area contributed by atoms with Crippen LogP contribution in [0.4, 0.5) is 0 Å². The molecule has 1 N–H and O–H groups in total. The van der Waals surface area contributed by atoms with Gasteiger partial charge in [0.05, 0.1) is 6.61 Å². The summed E-state index contributed by atoms with van der Waals surface area (Å²) in [5.74, 6) is -0.0943. The summed E-state index contributed by atoms with van der Waals surface area (Å²) in [7, 11) is 0. The van der Waals surface area contributed by atoms with Crippen molar-refractivity contribution in [2.24, 2.45) is 0 Å². The van der Waals surface area contributed by atoms with Gasteiger partial charge < -0.3 is 14.6 Å². The van der Waals surface area contributed by atoms with Crippen LogP contribution < -0.4 is 4.74 Å². The summed E-state index contributed by atoms with van der Waals surface area (Å²) in [4.78, 5) is 11.3. The molecular formula is C25H42O4. The van der Waals surface area contributed by atoms with E-state index in [4.69, 9.17) is 9.47 Å². The minimum absolute atomic E-state index is 0.296. The fourth-order valence-corrected chi connectivity index (χ4v) is 3.49. The molecule has 0 amide bonds. The number of benzene rings is 1. The highest BCUT2D eigenvalue weighted by atomic mass is 16.5. The molecule has 0 aliphatic rings. The van der Waals surface area contributed by atoms with E-state index in [1.165, 1.54) is 70.6 Å². The van der Waals surface area contributed by atoms with Crippen LogP contribution in [-0.4, -0.2) is 30.4 Å². The van der Waals surface area contributed by atoms with Crippen molar-refractivity contribution in [2.75, 3.05) is 13.2 Å². The molecule has 0 saturated heterocycles. The fraction of sp³-hybridized carbons (Fsp3) is 0.720. The Morgan fingerprint density at radius 1 is 0.793 bits per heavy atom. The lowest BCUT2D eigenvalue weighted by molar-refractivity contribution is -0.151. The molecule has 1 aromatic carbocycles. The zero-order chi connectivity index (χ0) is 21.0. The lowest BCUT2D eigenvalue weighted by Crippen LogP contribution is -2.26. The van der Waals surface area contributed by atoms with E-state index in [1.807, 2.05) is 30.3 Å². The van der Waals surface area contributed by atoms with Crippen molar-refractivity contribution < 1.29 is 19.4 Å². The normalized spacial score (nSPS) is 12.0. The van der Waals surface area contributed by atoms with Gasteiger partial charge in [-0.3, -0.25) is 0 Å². The highest BCUT2D eigenvalue weighted by Gasteiger charge is 2.17. The monoisotopic (exact) mass is 406 g/mol. The van der Waals surface area contributed by atoms with E-state index in [0.717, 1.165) is 18.6 Å². The van der Waals surface area contributed by atoms with Crippen LogP contribution in [0, 0.1) is 0 Å². The van der Waals surface area contributed by atoms with Gasteiger partial charge >= 0.3 is 5.97 Å². The van der Waals surface area contributed by atoms with Crippen LogP contribution in [0.3, 0.4) is 0 Å². The van der Waals surface area contributed by atoms with E-state index >= 15 is 0 Å². The molecule has 166 valence electrons. The molecule has 1 atom stereocenters. The van der Waals surface area contributed by atoms with Crippen molar-refractivity contribution in [3.8, 4) is 5.75 Å². The van der Waals surface area contributed by atoms with Gasteiger partial charge in [0.1, 0.15) is 12.4 Å². The second kappa shape index (κ2) is 18.5. The van der Waals surface area contributed by atoms with Crippen LogP contribution in [0.5, 0.6) is 5.75 Å². The number of ether oxygens (including phenoxy) is 2. The lowest BCUT2D eigenvalue weighted by atomic mass is 10.0. The van der Waals surface area contributed by atoms with Crippen LogP contribution in [0.2, 0.25) is 0 Å². The average Bonchev–Trinajstić information content (AvgIpc) is 2.73. The van der Waals surface area contributed by atoms with E-state index in [1.54, 1.807) is 0 Å². The maximum atomic E-state index is 11.3. The van der Waals surface area contributed by atoms with E-state index in [0.29, 0.717) is 19.6 Å². The molecule has 0 aliphatic carbocycles. The summed E-state index contributed by atoms with van der Waals surface area (Å²) >= 11 is 0. The van der Waals surface area contributed by atoms with E-state index < -0.39 is 12.1 Å². The quantitative estimate of drug-likeness (QED) is 0.236. The van der Waals surface area contributed by atoms with Crippen molar-refractivity contribution in [2.45, 2.75) is 103 Å². The minimum Gasteiger partial charge on any atom is -0.491 e. The number of aliphatic carboxylic acids is 1. The Morgan fingerprint density at radius 3 is 1.83 bits per heavy atom. The second-order valence-electron chi connectivity index (χ2n) is 7.89. The maximum Gasteiger partial charge on any atom is 0.332 e. The Morgan fingerprint density at radius 2 is 1.31 bits per heavy atom. The molecule has 4 heteroatoms. The number of carboxylic acids is 1. The van der Waals surface area contributed by atoms with E-state index in [9.17, 15) is 9.90 Å². The van der Waals surface area contributed by atoms with Gasteiger partial charge in [0, 0.05) is 0 Å². The van der Waals surface area contributed by atoms with Gasteiger partial charge in [-0.15, -0.1) is 0 Å². The molecule has 1 aromatic rings. The molecule has 0 spiro atoms. The number of para-hydroxylation sites is 1. The zero-order valence-electron chi connectivity index (χ0n) is 18.4. The van der Waals surface area contributed by atoms with Gasteiger partial charge in [-0.2, -0.15) is 0 Å². The summed E-state index contributed by atoms with van der Waals surface area (Å²) in [6.45, 7) is 2.92.